The lowest BCUT2D eigenvalue weighted by Crippen LogP contribution is -2.35. The summed E-state index contributed by atoms with van der Waals surface area (Å²) in [5.74, 6) is 0.357. The topological polar surface area (TPSA) is 89.9 Å². The summed E-state index contributed by atoms with van der Waals surface area (Å²) in [7, 11) is 0. The van der Waals surface area contributed by atoms with Crippen LogP contribution in [0.1, 0.15) is 28.4 Å². The molecule has 1 aromatic heterocycles. The van der Waals surface area contributed by atoms with E-state index in [1.807, 2.05) is 12.1 Å². The predicted molar refractivity (Wildman–Crippen MR) is 121 cm³/mol. The molecule has 10 heteroatoms. The van der Waals surface area contributed by atoms with Gasteiger partial charge in [-0.3, -0.25) is 9.78 Å². The molecule has 3 aromatic rings. The van der Waals surface area contributed by atoms with Crippen LogP contribution in [-0.4, -0.2) is 41.9 Å². The lowest BCUT2D eigenvalue weighted by atomic mass is 10.2. The molecular weight excluding hydrogens is 465 g/mol. The summed E-state index contributed by atoms with van der Waals surface area (Å²) in [6.45, 7) is 2.00. The number of nitrogens with one attached hydrogen (secondary N) is 1. The second-order valence-corrected chi connectivity index (χ2v) is 7.44. The third kappa shape index (κ3) is 7.89. The second-order valence-electron chi connectivity index (χ2n) is 7.44. The van der Waals surface area contributed by atoms with Gasteiger partial charge in [0, 0.05) is 24.5 Å². The van der Waals surface area contributed by atoms with Gasteiger partial charge < -0.3 is 24.6 Å². The number of aliphatic hydroxyl groups is 1. The van der Waals surface area contributed by atoms with E-state index in [-0.39, 0.29) is 24.5 Å². The molecule has 1 amide bonds. The molecule has 0 bridgehead atoms. The Morgan fingerprint density at radius 2 is 1.80 bits per heavy atom. The number of amides is 1. The Morgan fingerprint density at radius 3 is 2.51 bits per heavy atom. The molecule has 0 aliphatic rings. The number of carbonyl (C=O) groups is 1. The highest BCUT2D eigenvalue weighted by Crippen LogP contribution is 2.31. The molecule has 7 nitrogen and oxygen atoms in total. The Balaban J connectivity index is 1.53. The molecule has 1 atom stereocenters. The Kier molecular flexibility index (Phi) is 8.91. The van der Waals surface area contributed by atoms with Crippen LogP contribution in [0.5, 0.6) is 17.2 Å². The maximum Gasteiger partial charge on any atom is 0.416 e. The van der Waals surface area contributed by atoms with Gasteiger partial charge in [0.15, 0.2) is 11.5 Å². The number of carbonyl (C=O) groups excluding carboxylic acids is 1. The van der Waals surface area contributed by atoms with Gasteiger partial charge in [0.25, 0.3) is 5.91 Å². The van der Waals surface area contributed by atoms with Crippen LogP contribution in [-0.2, 0) is 12.8 Å². The van der Waals surface area contributed by atoms with Crippen molar-refractivity contribution in [2.75, 3.05) is 19.8 Å². The van der Waals surface area contributed by atoms with Crippen LogP contribution >= 0.6 is 0 Å². The highest BCUT2D eigenvalue weighted by Gasteiger charge is 2.30. The van der Waals surface area contributed by atoms with E-state index >= 15 is 0 Å². The summed E-state index contributed by atoms with van der Waals surface area (Å²) in [6.07, 6.45) is -2.31. The minimum absolute atomic E-state index is 0.0334. The number of hydrogen-bond acceptors (Lipinski definition) is 6. The first-order valence-electron chi connectivity index (χ1n) is 10.8. The number of nitrogens with zero attached hydrogens (tertiary/aromatic N) is 1. The van der Waals surface area contributed by atoms with Gasteiger partial charge in [0.05, 0.1) is 12.2 Å². The lowest BCUT2D eigenvalue weighted by molar-refractivity contribution is -0.137. The third-order valence-electron chi connectivity index (χ3n) is 4.75. The number of rotatable bonds is 11. The standard InChI is InChI=1S/C25H25F3N2O5/c1-2-33-23-12-18(6-7-22(23)35-15-17-8-10-29-11-9-17)24(32)30-14-20(31)16-34-21-5-3-4-19(13-21)25(26,27)28/h3-13,20,31H,2,14-16H2,1H3,(H,30,32). The molecule has 0 radical (unpaired) electrons. The van der Waals surface area contributed by atoms with Gasteiger partial charge >= 0.3 is 6.18 Å². The molecule has 3 rings (SSSR count). The normalized spacial score (nSPS) is 12.0. The van der Waals surface area contributed by atoms with Gasteiger partial charge in [-0.25, -0.2) is 0 Å². The van der Waals surface area contributed by atoms with Crippen LogP contribution in [0.15, 0.2) is 67.0 Å². The number of aliphatic hydroxyl groups excluding tert-OH is 1. The number of ether oxygens (including phenoxy) is 3. The van der Waals surface area contributed by atoms with Gasteiger partial charge in [-0.1, -0.05) is 6.07 Å². The number of pyridine rings is 1. The van der Waals surface area contributed by atoms with Crippen LogP contribution in [0.4, 0.5) is 13.2 Å². The fourth-order valence-corrected chi connectivity index (χ4v) is 3.00. The molecule has 186 valence electrons. The number of halogens is 3. The minimum atomic E-state index is -4.49. The van der Waals surface area contributed by atoms with E-state index in [4.69, 9.17) is 14.2 Å². The average Bonchev–Trinajstić information content (AvgIpc) is 2.85. The van der Waals surface area contributed by atoms with Crippen molar-refractivity contribution >= 4 is 5.91 Å². The van der Waals surface area contributed by atoms with E-state index in [0.717, 1.165) is 17.7 Å². The largest absolute Gasteiger partial charge is 0.491 e. The van der Waals surface area contributed by atoms with Crippen LogP contribution in [0, 0.1) is 0 Å². The van der Waals surface area contributed by atoms with E-state index in [0.29, 0.717) is 24.7 Å². The monoisotopic (exact) mass is 490 g/mol. The highest BCUT2D eigenvalue weighted by molar-refractivity contribution is 5.94. The molecule has 2 N–H and O–H groups in total. The van der Waals surface area contributed by atoms with Gasteiger partial charge in [-0.15, -0.1) is 0 Å². The highest BCUT2D eigenvalue weighted by atomic mass is 19.4. The molecule has 0 saturated carbocycles. The molecule has 2 aromatic carbocycles. The fraction of sp³-hybridized carbons (Fsp3) is 0.280. The molecule has 0 fully saturated rings. The summed E-state index contributed by atoms with van der Waals surface area (Å²) in [5, 5.41) is 12.7. The molecule has 1 heterocycles. The van der Waals surface area contributed by atoms with E-state index in [1.54, 1.807) is 31.5 Å². The molecule has 0 aliphatic carbocycles. The summed E-state index contributed by atoms with van der Waals surface area (Å²) in [6, 6.07) is 12.7. The molecule has 35 heavy (non-hydrogen) atoms. The quantitative estimate of drug-likeness (QED) is 0.418. The van der Waals surface area contributed by atoms with Crippen molar-refractivity contribution in [2.45, 2.75) is 25.8 Å². The average molecular weight is 490 g/mol. The van der Waals surface area contributed by atoms with E-state index < -0.39 is 23.8 Å². The number of benzene rings is 2. The van der Waals surface area contributed by atoms with E-state index in [9.17, 15) is 23.1 Å². The Morgan fingerprint density at radius 1 is 1.03 bits per heavy atom. The zero-order valence-corrected chi connectivity index (χ0v) is 18.9. The number of hydrogen-bond donors (Lipinski definition) is 2. The lowest BCUT2D eigenvalue weighted by Gasteiger charge is -2.16. The summed E-state index contributed by atoms with van der Waals surface area (Å²) < 4.78 is 55.0. The maximum absolute atomic E-state index is 12.8. The molecular formula is C25H25F3N2O5. The Bertz CT molecular complexity index is 1110. The number of alkyl halides is 3. The molecule has 0 saturated heterocycles. The summed E-state index contributed by atoms with van der Waals surface area (Å²) >= 11 is 0. The van der Waals surface area contributed by atoms with Crippen LogP contribution in [0.3, 0.4) is 0 Å². The Labute approximate surface area is 200 Å². The SMILES string of the molecule is CCOc1cc(C(=O)NCC(O)COc2cccc(C(F)(F)F)c2)ccc1OCc1ccncc1. The Hall–Kier alpha value is -3.79. The molecule has 0 aliphatic heterocycles. The number of aromatic nitrogens is 1. The molecule has 1 unspecified atom stereocenters. The summed E-state index contributed by atoms with van der Waals surface area (Å²) in [4.78, 5) is 16.5. The van der Waals surface area contributed by atoms with Crippen molar-refractivity contribution in [3.8, 4) is 17.2 Å². The van der Waals surface area contributed by atoms with Gasteiger partial charge in [0.2, 0.25) is 0 Å². The maximum atomic E-state index is 12.8. The van der Waals surface area contributed by atoms with Crippen LogP contribution in [0.25, 0.3) is 0 Å². The zero-order chi connectivity index (χ0) is 25.3. The van der Waals surface area contributed by atoms with Crippen molar-refractivity contribution in [2.24, 2.45) is 0 Å². The van der Waals surface area contributed by atoms with Crippen LogP contribution in [0.2, 0.25) is 0 Å². The smallest absolute Gasteiger partial charge is 0.416 e. The van der Waals surface area contributed by atoms with Gasteiger partial charge in [-0.05, 0) is 61.0 Å². The van der Waals surface area contributed by atoms with Crippen molar-refractivity contribution in [1.29, 1.82) is 0 Å². The van der Waals surface area contributed by atoms with Crippen molar-refractivity contribution in [3.05, 3.63) is 83.7 Å². The van der Waals surface area contributed by atoms with Crippen molar-refractivity contribution < 1.29 is 37.3 Å². The van der Waals surface area contributed by atoms with Crippen molar-refractivity contribution in [3.63, 3.8) is 0 Å². The van der Waals surface area contributed by atoms with Gasteiger partial charge in [0.1, 0.15) is 25.1 Å². The van der Waals surface area contributed by atoms with Crippen molar-refractivity contribution in [1.82, 2.24) is 10.3 Å². The summed E-state index contributed by atoms with van der Waals surface area (Å²) in [5.41, 5.74) is 0.359. The first-order valence-corrected chi connectivity index (χ1v) is 10.8. The third-order valence-corrected chi connectivity index (χ3v) is 4.75. The minimum Gasteiger partial charge on any atom is -0.491 e. The first-order chi connectivity index (χ1) is 16.8. The predicted octanol–water partition coefficient (Wildman–Crippen LogP) is 4.25. The first kappa shape index (κ1) is 25.8. The second kappa shape index (κ2) is 12.1. The molecule has 0 spiro atoms. The fourth-order valence-electron chi connectivity index (χ4n) is 3.00. The van der Waals surface area contributed by atoms with Crippen LogP contribution < -0.4 is 19.5 Å². The zero-order valence-electron chi connectivity index (χ0n) is 18.9. The van der Waals surface area contributed by atoms with E-state index in [2.05, 4.69) is 10.3 Å². The van der Waals surface area contributed by atoms with Gasteiger partial charge in [-0.2, -0.15) is 13.2 Å². The van der Waals surface area contributed by atoms with E-state index in [1.165, 1.54) is 18.2 Å².